The van der Waals surface area contributed by atoms with E-state index in [0.717, 1.165) is 22.3 Å². The molecule has 1 fully saturated rings. The maximum atomic E-state index is 13.6. The van der Waals surface area contributed by atoms with E-state index in [0.29, 0.717) is 6.61 Å². The van der Waals surface area contributed by atoms with Gasteiger partial charge in [0.15, 0.2) is 0 Å². The maximum Gasteiger partial charge on any atom is 0.340 e. The van der Waals surface area contributed by atoms with Gasteiger partial charge in [-0.3, -0.25) is 10.1 Å². The summed E-state index contributed by atoms with van der Waals surface area (Å²) >= 11 is 0. The number of hydrogen-bond acceptors (Lipinski definition) is 9. The topological polar surface area (TPSA) is 116 Å². The van der Waals surface area contributed by atoms with Gasteiger partial charge in [-0.2, -0.15) is 0 Å². The summed E-state index contributed by atoms with van der Waals surface area (Å²) in [4.78, 5) is 24.3. The van der Waals surface area contributed by atoms with Gasteiger partial charge in [0.2, 0.25) is 6.29 Å². The van der Waals surface area contributed by atoms with Crippen LogP contribution in [0.5, 0.6) is 0 Å². The third-order valence-electron chi connectivity index (χ3n) is 8.38. The second kappa shape index (κ2) is 18.1. The first-order chi connectivity index (χ1) is 25.0. The van der Waals surface area contributed by atoms with Crippen LogP contribution in [0.1, 0.15) is 32.6 Å². The van der Waals surface area contributed by atoms with Crippen LogP contribution in [0.25, 0.3) is 0 Å². The maximum absolute atomic E-state index is 13.6. The summed E-state index contributed by atoms with van der Waals surface area (Å²) in [5.74, 6) is -0.738. The number of benzene rings is 5. The smallest absolute Gasteiger partial charge is 0.340 e. The quantitative estimate of drug-likeness (QED) is 0.0592. The molecule has 0 aromatic heterocycles. The molecule has 5 aromatic rings. The minimum Gasteiger partial charge on any atom is -0.429 e. The first-order valence-corrected chi connectivity index (χ1v) is 16.7. The monoisotopic (exact) mass is 689 g/mol. The first kappa shape index (κ1) is 35.6. The predicted molar refractivity (Wildman–Crippen MR) is 188 cm³/mol. The third-order valence-corrected chi connectivity index (χ3v) is 8.38. The summed E-state index contributed by atoms with van der Waals surface area (Å²) in [5, 5.41) is 11.2. The number of nitro groups is 1. The third kappa shape index (κ3) is 10.2. The number of non-ortho nitro benzene ring substituents is 1. The number of carbonyl (C=O) groups is 1. The van der Waals surface area contributed by atoms with E-state index in [1.807, 2.05) is 121 Å². The van der Waals surface area contributed by atoms with E-state index in [4.69, 9.17) is 28.4 Å². The SMILES string of the molecule is O=C(OC1O[C@@H](COCc2ccccc2)[C@H](OCc2ccccc2)[C@@H](OCc2ccccc2)[C@@H]1OCc1ccccc1)c1ccc([N+](=O)[O-])cc1. The molecule has 0 spiro atoms. The van der Waals surface area contributed by atoms with Gasteiger partial charge in [0.25, 0.3) is 5.69 Å². The normalized spacial score (nSPS) is 20.0. The lowest BCUT2D eigenvalue weighted by Crippen LogP contribution is -2.62. The minimum absolute atomic E-state index is 0.0938. The zero-order valence-corrected chi connectivity index (χ0v) is 27.9. The Bertz CT molecular complexity index is 1790. The van der Waals surface area contributed by atoms with Crippen molar-refractivity contribution in [2.45, 2.75) is 57.1 Å². The molecule has 51 heavy (non-hydrogen) atoms. The number of hydrogen-bond donors (Lipinski definition) is 0. The predicted octanol–water partition coefficient (Wildman–Crippen LogP) is 7.45. The van der Waals surface area contributed by atoms with Crippen LogP contribution in [0.4, 0.5) is 5.69 Å². The van der Waals surface area contributed by atoms with E-state index in [1.165, 1.54) is 24.3 Å². The van der Waals surface area contributed by atoms with Crippen molar-refractivity contribution in [1.29, 1.82) is 0 Å². The van der Waals surface area contributed by atoms with Gasteiger partial charge in [-0.05, 0) is 34.4 Å². The molecular weight excluding hydrogens is 650 g/mol. The lowest BCUT2D eigenvalue weighted by atomic mass is 9.97. The van der Waals surface area contributed by atoms with Crippen molar-refractivity contribution >= 4 is 11.7 Å². The van der Waals surface area contributed by atoms with E-state index in [2.05, 4.69) is 0 Å². The fourth-order valence-electron chi connectivity index (χ4n) is 5.73. The molecule has 262 valence electrons. The molecule has 6 rings (SSSR count). The molecule has 10 nitrogen and oxygen atoms in total. The molecule has 0 saturated carbocycles. The second-order valence-electron chi connectivity index (χ2n) is 12.0. The van der Waals surface area contributed by atoms with Crippen molar-refractivity contribution in [2.24, 2.45) is 0 Å². The molecule has 5 atom stereocenters. The Morgan fingerprint density at radius 2 is 1.00 bits per heavy atom. The molecule has 10 heteroatoms. The van der Waals surface area contributed by atoms with E-state index < -0.39 is 41.6 Å². The van der Waals surface area contributed by atoms with Gasteiger partial charge in [0, 0.05) is 12.1 Å². The second-order valence-corrected chi connectivity index (χ2v) is 12.0. The molecule has 1 saturated heterocycles. The van der Waals surface area contributed by atoms with Gasteiger partial charge in [-0.1, -0.05) is 121 Å². The van der Waals surface area contributed by atoms with Crippen molar-refractivity contribution < 1.29 is 38.1 Å². The molecular formula is C41H39NO9. The van der Waals surface area contributed by atoms with Gasteiger partial charge in [0.05, 0.1) is 43.5 Å². The summed E-state index contributed by atoms with van der Waals surface area (Å²) in [7, 11) is 0. The number of rotatable bonds is 16. The summed E-state index contributed by atoms with van der Waals surface area (Å²) in [6, 6.07) is 44.1. The Kier molecular flexibility index (Phi) is 12.7. The Labute approximate surface area is 296 Å². The van der Waals surface area contributed by atoms with Gasteiger partial charge in [-0.15, -0.1) is 0 Å². The highest BCUT2D eigenvalue weighted by Crippen LogP contribution is 2.32. The van der Waals surface area contributed by atoms with E-state index >= 15 is 0 Å². The number of nitrogens with zero attached hydrogens (tertiary/aromatic N) is 1. The first-order valence-electron chi connectivity index (χ1n) is 16.7. The van der Waals surface area contributed by atoms with Gasteiger partial charge in [0.1, 0.15) is 24.4 Å². The average molecular weight is 690 g/mol. The lowest BCUT2D eigenvalue weighted by Gasteiger charge is -2.45. The summed E-state index contributed by atoms with van der Waals surface area (Å²) < 4.78 is 38.6. The fourth-order valence-corrected chi connectivity index (χ4v) is 5.73. The molecule has 5 aromatic carbocycles. The molecule has 0 amide bonds. The van der Waals surface area contributed by atoms with Crippen LogP contribution in [-0.2, 0) is 54.8 Å². The summed E-state index contributed by atoms with van der Waals surface area (Å²) in [6.45, 7) is 1.07. The molecule has 1 unspecified atom stereocenters. The Morgan fingerprint density at radius 1 is 0.569 bits per heavy atom. The van der Waals surface area contributed by atoms with Gasteiger partial charge in [-0.25, -0.2) is 4.79 Å². The van der Waals surface area contributed by atoms with Crippen molar-refractivity contribution in [2.75, 3.05) is 6.61 Å². The summed E-state index contributed by atoms with van der Waals surface area (Å²) in [5.41, 5.74) is 3.74. The van der Waals surface area contributed by atoms with Gasteiger partial charge >= 0.3 is 5.97 Å². The molecule has 0 aliphatic carbocycles. The average Bonchev–Trinajstić information content (AvgIpc) is 3.18. The van der Waals surface area contributed by atoms with Crippen molar-refractivity contribution in [3.05, 3.63) is 184 Å². The standard InChI is InChI=1S/C41H39NO9/c43-40(34-21-23-35(24-22-34)42(44)45)51-41-39(49-28-33-19-11-4-12-20-33)38(48-27-32-17-9-3-10-18-32)37(47-26-31-15-7-2-8-16-31)36(50-41)29-46-25-30-13-5-1-6-14-30/h1-24,36-39,41H,25-29H2/t36-,37-,38+,39-,41?/m0/s1. The van der Waals surface area contributed by atoms with E-state index in [1.54, 1.807) is 0 Å². The van der Waals surface area contributed by atoms with Crippen LogP contribution in [0.2, 0.25) is 0 Å². The lowest BCUT2D eigenvalue weighted by molar-refractivity contribution is -0.384. The van der Waals surface area contributed by atoms with Gasteiger partial charge < -0.3 is 28.4 Å². The Hall–Kier alpha value is -5.23. The van der Waals surface area contributed by atoms with Crippen LogP contribution < -0.4 is 0 Å². The number of esters is 1. The van der Waals surface area contributed by atoms with Crippen molar-refractivity contribution in [3.63, 3.8) is 0 Å². The number of nitro benzene ring substituents is 1. The van der Waals surface area contributed by atoms with Crippen LogP contribution in [0, 0.1) is 10.1 Å². The highest BCUT2D eigenvalue weighted by atomic mass is 16.7. The molecule has 0 radical (unpaired) electrons. The summed E-state index contributed by atoms with van der Waals surface area (Å²) in [6.07, 6.45) is -4.43. The van der Waals surface area contributed by atoms with E-state index in [-0.39, 0.29) is 37.7 Å². The molecule has 0 bridgehead atoms. The highest BCUT2D eigenvalue weighted by molar-refractivity contribution is 5.89. The molecule has 1 aliphatic rings. The molecule has 1 heterocycles. The number of carbonyl (C=O) groups excluding carboxylic acids is 1. The highest BCUT2D eigenvalue weighted by Gasteiger charge is 2.50. The zero-order valence-electron chi connectivity index (χ0n) is 27.9. The van der Waals surface area contributed by atoms with Crippen LogP contribution in [-0.4, -0.2) is 48.2 Å². The number of ether oxygens (including phenoxy) is 6. The van der Waals surface area contributed by atoms with Crippen LogP contribution in [0.15, 0.2) is 146 Å². The minimum atomic E-state index is -1.25. The van der Waals surface area contributed by atoms with Crippen LogP contribution in [0.3, 0.4) is 0 Å². The Morgan fingerprint density at radius 3 is 1.47 bits per heavy atom. The van der Waals surface area contributed by atoms with E-state index in [9.17, 15) is 14.9 Å². The van der Waals surface area contributed by atoms with Crippen molar-refractivity contribution in [3.8, 4) is 0 Å². The zero-order chi connectivity index (χ0) is 35.3. The molecule has 0 N–H and O–H groups in total. The Balaban J connectivity index is 1.32. The van der Waals surface area contributed by atoms with Crippen LogP contribution >= 0.6 is 0 Å². The molecule has 1 aliphatic heterocycles. The van der Waals surface area contributed by atoms with Crippen molar-refractivity contribution in [1.82, 2.24) is 0 Å². The largest absolute Gasteiger partial charge is 0.429 e. The fraction of sp³-hybridized carbons (Fsp3) is 0.244.